The number of aryl methyl sites for hydroxylation is 2. The molecule has 0 aliphatic carbocycles. The van der Waals surface area contributed by atoms with Crippen molar-refractivity contribution in [1.29, 1.82) is 0 Å². The van der Waals surface area contributed by atoms with Gasteiger partial charge in [-0.1, -0.05) is 48.5 Å². The van der Waals surface area contributed by atoms with Crippen LogP contribution >= 0.6 is 0 Å². The van der Waals surface area contributed by atoms with E-state index in [4.69, 9.17) is 0 Å². The highest BCUT2D eigenvalue weighted by Crippen LogP contribution is 2.36. The number of hydrogen-bond acceptors (Lipinski definition) is 1. The first-order valence-electron chi connectivity index (χ1n) is 7.28. The van der Waals surface area contributed by atoms with Crippen LogP contribution in [0.5, 0.6) is 0 Å². The first kappa shape index (κ1) is 16.2. The molecule has 0 saturated heterocycles. The molecule has 124 valence electrons. The van der Waals surface area contributed by atoms with Crippen molar-refractivity contribution in [2.24, 2.45) is 0 Å². The Balaban J connectivity index is 2.38. The third-order valence-corrected chi connectivity index (χ3v) is 3.78. The molecular weight excluding hydrogens is 320 g/mol. The van der Waals surface area contributed by atoms with E-state index in [2.05, 4.69) is 4.98 Å². The van der Waals surface area contributed by atoms with Crippen LogP contribution in [0.25, 0.3) is 17.1 Å². The summed E-state index contributed by atoms with van der Waals surface area (Å²) in [5, 5.41) is 0. The molecule has 0 atom stereocenters. The van der Waals surface area contributed by atoms with Crippen LogP contribution in [0, 0.1) is 19.8 Å². The Labute approximate surface area is 136 Å². The Morgan fingerprint density at radius 3 is 2.00 bits per heavy atom. The van der Waals surface area contributed by atoms with Crippen LogP contribution < -0.4 is 0 Å². The summed E-state index contributed by atoms with van der Waals surface area (Å²) in [6, 6.07) is 13.5. The van der Waals surface area contributed by atoms with Gasteiger partial charge in [0.1, 0.15) is 5.82 Å². The van der Waals surface area contributed by atoms with Gasteiger partial charge in [0, 0.05) is 5.56 Å². The molecule has 0 spiro atoms. The number of rotatable bonds is 2. The molecule has 3 aromatic rings. The summed E-state index contributed by atoms with van der Waals surface area (Å²) in [5.41, 5.74) is 0.602. The summed E-state index contributed by atoms with van der Waals surface area (Å²) in [7, 11) is 0. The van der Waals surface area contributed by atoms with Crippen molar-refractivity contribution >= 4 is 0 Å². The molecule has 1 aromatic heterocycles. The van der Waals surface area contributed by atoms with Crippen LogP contribution in [0.2, 0.25) is 0 Å². The minimum atomic E-state index is -4.87. The van der Waals surface area contributed by atoms with Gasteiger partial charge >= 0.3 is 6.18 Å². The molecule has 3 rings (SSSR count). The second-order valence-electron chi connectivity index (χ2n) is 5.51. The molecule has 0 amide bonds. The maximum absolute atomic E-state index is 14.7. The maximum Gasteiger partial charge on any atom is 0.437 e. The summed E-state index contributed by atoms with van der Waals surface area (Å²) in [6.45, 7) is 3.45. The van der Waals surface area contributed by atoms with E-state index in [0.717, 1.165) is 4.57 Å². The molecule has 0 unspecified atom stereocenters. The second-order valence-corrected chi connectivity index (χ2v) is 5.51. The zero-order chi connectivity index (χ0) is 17.5. The SMILES string of the molecule is Cc1cccc(C)c1-n1c(-c2ccccc2)nc(C(F)(F)F)c1F. The van der Waals surface area contributed by atoms with Crippen molar-refractivity contribution in [2.45, 2.75) is 20.0 Å². The molecule has 0 radical (unpaired) electrons. The van der Waals surface area contributed by atoms with Crippen molar-refractivity contribution in [3.05, 3.63) is 71.3 Å². The largest absolute Gasteiger partial charge is 0.437 e. The van der Waals surface area contributed by atoms with Crippen molar-refractivity contribution in [3.63, 3.8) is 0 Å². The Kier molecular flexibility index (Phi) is 3.91. The third-order valence-electron chi connectivity index (χ3n) is 3.78. The van der Waals surface area contributed by atoms with Crippen LogP contribution in [0.4, 0.5) is 17.6 Å². The Hall–Kier alpha value is -2.63. The second kappa shape index (κ2) is 5.78. The van der Waals surface area contributed by atoms with E-state index in [0.29, 0.717) is 22.4 Å². The predicted molar refractivity (Wildman–Crippen MR) is 83.4 cm³/mol. The van der Waals surface area contributed by atoms with Crippen LogP contribution in [0.1, 0.15) is 16.8 Å². The molecule has 0 bridgehead atoms. The summed E-state index contributed by atoms with van der Waals surface area (Å²) in [4.78, 5) is 3.57. The highest BCUT2D eigenvalue weighted by Gasteiger charge is 2.40. The Morgan fingerprint density at radius 2 is 1.46 bits per heavy atom. The van der Waals surface area contributed by atoms with Gasteiger partial charge in [-0.05, 0) is 25.0 Å². The van der Waals surface area contributed by atoms with Gasteiger partial charge in [-0.25, -0.2) is 4.98 Å². The average molecular weight is 334 g/mol. The normalized spacial score (nSPS) is 11.8. The summed E-state index contributed by atoms with van der Waals surface area (Å²) >= 11 is 0. The van der Waals surface area contributed by atoms with E-state index in [1.807, 2.05) is 0 Å². The zero-order valence-electron chi connectivity index (χ0n) is 13.0. The van der Waals surface area contributed by atoms with Crippen molar-refractivity contribution in [3.8, 4) is 17.1 Å². The van der Waals surface area contributed by atoms with Crippen molar-refractivity contribution in [1.82, 2.24) is 9.55 Å². The first-order valence-corrected chi connectivity index (χ1v) is 7.28. The summed E-state index contributed by atoms with van der Waals surface area (Å²) < 4.78 is 55.1. The molecule has 0 aliphatic heterocycles. The molecule has 2 aromatic carbocycles. The average Bonchev–Trinajstić information content (AvgIpc) is 2.86. The van der Waals surface area contributed by atoms with Gasteiger partial charge in [-0.3, -0.25) is 4.57 Å². The molecule has 0 saturated carbocycles. The highest BCUT2D eigenvalue weighted by atomic mass is 19.4. The van der Waals surface area contributed by atoms with Crippen molar-refractivity contribution in [2.75, 3.05) is 0 Å². The van der Waals surface area contributed by atoms with Gasteiger partial charge in [-0.2, -0.15) is 17.6 Å². The standard InChI is InChI=1S/C18H14F4N2/c1-11-7-6-8-12(2)14(11)24-16(19)15(18(20,21)22)23-17(24)13-9-4-3-5-10-13/h3-10H,1-2H3. The number of hydrogen-bond donors (Lipinski definition) is 0. The molecule has 0 fully saturated rings. The van der Waals surface area contributed by atoms with Gasteiger partial charge in [0.2, 0.25) is 11.6 Å². The molecule has 2 nitrogen and oxygen atoms in total. The lowest BCUT2D eigenvalue weighted by Gasteiger charge is -2.14. The molecule has 0 N–H and O–H groups in total. The minimum Gasteiger partial charge on any atom is -0.268 e. The quantitative estimate of drug-likeness (QED) is 0.580. The number of halogens is 4. The van der Waals surface area contributed by atoms with Crippen molar-refractivity contribution < 1.29 is 17.6 Å². The van der Waals surface area contributed by atoms with Gasteiger partial charge in [0.05, 0.1) is 5.69 Å². The van der Waals surface area contributed by atoms with Gasteiger partial charge < -0.3 is 0 Å². The number of benzene rings is 2. The lowest BCUT2D eigenvalue weighted by molar-refractivity contribution is -0.143. The third kappa shape index (κ3) is 2.68. The van der Waals surface area contributed by atoms with Gasteiger partial charge in [0.25, 0.3) is 0 Å². The van der Waals surface area contributed by atoms with E-state index in [1.54, 1.807) is 62.4 Å². The number of para-hydroxylation sites is 1. The van der Waals surface area contributed by atoms with E-state index in [-0.39, 0.29) is 5.82 Å². The number of alkyl halides is 3. The minimum absolute atomic E-state index is 0.0715. The van der Waals surface area contributed by atoms with Gasteiger partial charge in [-0.15, -0.1) is 0 Å². The van der Waals surface area contributed by atoms with Crippen LogP contribution in [0.15, 0.2) is 48.5 Å². The lowest BCUT2D eigenvalue weighted by Crippen LogP contribution is -2.10. The molecular formula is C18H14F4N2. The van der Waals surface area contributed by atoms with E-state index < -0.39 is 17.8 Å². The zero-order valence-corrected chi connectivity index (χ0v) is 13.0. The fraction of sp³-hybridized carbons (Fsp3) is 0.167. The highest BCUT2D eigenvalue weighted by molar-refractivity contribution is 5.62. The molecule has 1 heterocycles. The topological polar surface area (TPSA) is 17.8 Å². The Bertz CT molecular complexity index is 860. The predicted octanol–water partition coefficient (Wildman–Crippen LogP) is 5.31. The number of imidazole rings is 1. The fourth-order valence-corrected chi connectivity index (χ4v) is 2.72. The monoisotopic (exact) mass is 334 g/mol. The van der Waals surface area contributed by atoms with Crippen LogP contribution in [-0.2, 0) is 6.18 Å². The number of aromatic nitrogens is 2. The Morgan fingerprint density at radius 1 is 0.875 bits per heavy atom. The van der Waals surface area contributed by atoms with Crippen LogP contribution in [-0.4, -0.2) is 9.55 Å². The van der Waals surface area contributed by atoms with E-state index >= 15 is 0 Å². The molecule has 0 aliphatic rings. The first-order chi connectivity index (χ1) is 11.3. The molecule has 24 heavy (non-hydrogen) atoms. The smallest absolute Gasteiger partial charge is 0.268 e. The lowest BCUT2D eigenvalue weighted by atomic mass is 10.1. The summed E-state index contributed by atoms with van der Waals surface area (Å²) in [6.07, 6.45) is -4.87. The maximum atomic E-state index is 14.7. The summed E-state index contributed by atoms with van der Waals surface area (Å²) in [5.74, 6) is -1.48. The van der Waals surface area contributed by atoms with Gasteiger partial charge in [0.15, 0.2) is 0 Å². The van der Waals surface area contributed by atoms with E-state index in [1.165, 1.54) is 0 Å². The van der Waals surface area contributed by atoms with E-state index in [9.17, 15) is 17.6 Å². The fourth-order valence-electron chi connectivity index (χ4n) is 2.72. The number of nitrogens with zero attached hydrogens (tertiary/aromatic N) is 2. The van der Waals surface area contributed by atoms with Crippen LogP contribution in [0.3, 0.4) is 0 Å². The molecule has 6 heteroatoms.